The highest BCUT2D eigenvalue weighted by molar-refractivity contribution is 7.93. The van der Waals surface area contributed by atoms with Crippen molar-refractivity contribution < 1.29 is 8.42 Å². The van der Waals surface area contributed by atoms with Crippen LogP contribution in [-0.2, 0) is 10.0 Å². The monoisotopic (exact) mass is 266 g/mol. The Morgan fingerprint density at radius 3 is 2.53 bits per heavy atom. The first-order valence-electron chi connectivity index (χ1n) is 4.41. The summed E-state index contributed by atoms with van der Waals surface area (Å²) < 4.78 is 26.0. The molecule has 86 valence electrons. The van der Waals surface area contributed by atoms with E-state index in [2.05, 4.69) is 14.9 Å². The number of anilines is 1. The molecule has 0 aliphatic heterocycles. The summed E-state index contributed by atoms with van der Waals surface area (Å²) in [6.45, 7) is 0. The smallest absolute Gasteiger partial charge is 0.253 e. The predicted molar refractivity (Wildman–Crippen MR) is 61.9 cm³/mol. The second kappa shape index (κ2) is 4.48. The number of benzene rings is 1. The van der Waals surface area contributed by atoms with Gasteiger partial charge in [0.25, 0.3) is 10.0 Å². The Morgan fingerprint density at radius 2 is 2.00 bits per heavy atom. The molecule has 0 spiro atoms. The minimum absolute atomic E-state index is 0.0756. The molecule has 0 bridgehead atoms. The minimum Gasteiger partial charge on any atom is -0.253 e. The second-order valence-electron chi connectivity index (χ2n) is 2.99. The Bertz CT molecular complexity index is 641. The van der Waals surface area contributed by atoms with Crippen molar-refractivity contribution in [1.29, 1.82) is 5.26 Å². The zero-order chi connectivity index (χ0) is 12.3. The van der Waals surface area contributed by atoms with Crippen LogP contribution in [0.4, 0.5) is 5.13 Å². The molecule has 17 heavy (non-hydrogen) atoms. The average Bonchev–Trinajstić information content (AvgIpc) is 2.81. The lowest BCUT2D eigenvalue weighted by molar-refractivity contribution is 0.601. The van der Waals surface area contributed by atoms with Gasteiger partial charge >= 0.3 is 0 Å². The summed E-state index contributed by atoms with van der Waals surface area (Å²) >= 11 is 1.09. The molecule has 1 N–H and O–H groups in total. The molecule has 0 fully saturated rings. The number of nitrogens with zero attached hydrogens (tertiary/aromatic N) is 3. The Morgan fingerprint density at radius 1 is 1.29 bits per heavy atom. The summed E-state index contributed by atoms with van der Waals surface area (Å²) in [4.78, 5) is 0.0756. The number of rotatable bonds is 3. The maximum absolute atomic E-state index is 11.8. The molecule has 0 radical (unpaired) electrons. The predicted octanol–water partition coefficient (Wildman–Crippen LogP) is 1.21. The first kappa shape index (κ1) is 11.5. The van der Waals surface area contributed by atoms with Crippen LogP contribution >= 0.6 is 11.3 Å². The summed E-state index contributed by atoms with van der Waals surface area (Å²) in [5.74, 6) is 0. The van der Waals surface area contributed by atoms with Gasteiger partial charge in [0.1, 0.15) is 5.51 Å². The van der Waals surface area contributed by atoms with Gasteiger partial charge in [-0.3, -0.25) is 4.72 Å². The molecule has 0 aliphatic carbocycles. The number of aromatic nitrogens is 2. The van der Waals surface area contributed by atoms with Crippen LogP contribution in [0.25, 0.3) is 0 Å². The highest BCUT2D eigenvalue weighted by atomic mass is 32.2. The van der Waals surface area contributed by atoms with E-state index in [-0.39, 0.29) is 10.0 Å². The Balaban J connectivity index is 2.29. The fourth-order valence-electron chi connectivity index (χ4n) is 1.10. The van der Waals surface area contributed by atoms with Gasteiger partial charge < -0.3 is 0 Å². The van der Waals surface area contributed by atoms with Gasteiger partial charge in [-0.15, -0.1) is 10.2 Å². The van der Waals surface area contributed by atoms with Crippen molar-refractivity contribution in [1.82, 2.24) is 10.2 Å². The van der Waals surface area contributed by atoms with Crippen LogP contribution in [0.2, 0.25) is 0 Å². The zero-order valence-corrected chi connectivity index (χ0v) is 9.99. The Labute approximate surface area is 102 Å². The Hall–Kier alpha value is -1.98. The third-order valence-corrected chi connectivity index (χ3v) is 3.97. The normalized spacial score (nSPS) is 10.8. The average molecular weight is 266 g/mol. The molecule has 0 saturated carbocycles. The first-order valence-corrected chi connectivity index (χ1v) is 6.77. The summed E-state index contributed by atoms with van der Waals surface area (Å²) in [5, 5.41) is 15.9. The maximum atomic E-state index is 11.8. The Kier molecular flexibility index (Phi) is 3.03. The summed E-state index contributed by atoms with van der Waals surface area (Å²) in [5.41, 5.74) is 1.83. The molecule has 2 aromatic rings. The molecule has 1 aromatic carbocycles. The van der Waals surface area contributed by atoms with Gasteiger partial charge in [-0.25, -0.2) is 8.42 Å². The van der Waals surface area contributed by atoms with Crippen LogP contribution in [0.3, 0.4) is 0 Å². The van der Waals surface area contributed by atoms with E-state index in [0.29, 0.717) is 5.56 Å². The highest BCUT2D eigenvalue weighted by Crippen LogP contribution is 2.16. The van der Waals surface area contributed by atoms with Crippen molar-refractivity contribution in [3.63, 3.8) is 0 Å². The number of hydrogen-bond donors (Lipinski definition) is 1. The van der Waals surface area contributed by atoms with Gasteiger partial charge in [-0.1, -0.05) is 11.3 Å². The van der Waals surface area contributed by atoms with Gasteiger partial charge in [0.2, 0.25) is 5.13 Å². The standard InChI is InChI=1S/C9H6N4O2S2/c10-5-7-1-3-8(4-2-7)17(14,15)13-9-12-11-6-16-9/h1-4,6H,(H,12,13). The number of sulfonamides is 1. The van der Waals surface area contributed by atoms with E-state index in [1.807, 2.05) is 6.07 Å². The van der Waals surface area contributed by atoms with Gasteiger partial charge in [-0.2, -0.15) is 5.26 Å². The first-order chi connectivity index (χ1) is 8.12. The minimum atomic E-state index is -3.66. The highest BCUT2D eigenvalue weighted by Gasteiger charge is 2.15. The van der Waals surface area contributed by atoms with E-state index in [0.717, 1.165) is 11.3 Å². The van der Waals surface area contributed by atoms with Crippen LogP contribution in [0, 0.1) is 11.3 Å². The van der Waals surface area contributed by atoms with Crippen molar-refractivity contribution in [3.05, 3.63) is 35.3 Å². The topological polar surface area (TPSA) is 95.7 Å². The van der Waals surface area contributed by atoms with E-state index in [9.17, 15) is 8.42 Å². The van der Waals surface area contributed by atoms with E-state index in [4.69, 9.17) is 5.26 Å². The van der Waals surface area contributed by atoms with Crippen molar-refractivity contribution in [3.8, 4) is 6.07 Å². The van der Waals surface area contributed by atoms with E-state index >= 15 is 0 Å². The van der Waals surface area contributed by atoms with Crippen LogP contribution in [0.15, 0.2) is 34.7 Å². The molecule has 6 nitrogen and oxygen atoms in total. The van der Waals surface area contributed by atoms with E-state index in [1.165, 1.54) is 29.8 Å². The quantitative estimate of drug-likeness (QED) is 0.900. The lowest BCUT2D eigenvalue weighted by atomic mass is 10.2. The van der Waals surface area contributed by atoms with Gasteiger partial charge in [0, 0.05) is 0 Å². The molecule has 1 aromatic heterocycles. The zero-order valence-electron chi connectivity index (χ0n) is 8.36. The molecule has 0 saturated heterocycles. The van der Waals surface area contributed by atoms with Gasteiger partial charge in [-0.05, 0) is 24.3 Å². The number of hydrogen-bond acceptors (Lipinski definition) is 6. The number of nitrogens with one attached hydrogen (secondary N) is 1. The molecule has 0 amide bonds. The lowest BCUT2D eigenvalue weighted by Gasteiger charge is -2.03. The SMILES string of the molecule is N#Cc1ccc(S(=O)(=O)Nc2nncs2)cc1. The van der Waals surface area contributed by atoms with Crippen molar-refractivity contribution in [2.75, 3.05) is 4.72 Å². The third kappa shape index (κ3) is 2.58. The largest absolute Gasteiger partial charge is 0.263 e. The third-order valence-electron chi connectivity index (χ3n) is 1.88. The van der Waals surface area contributed by atoms with Gasteiger partial charge in [0.15, 0.2) is 0 Å². The van der Waals surface area contributed by atoms with Crippen LogP contribution < -0.4 is 4.72 Å². The second-order valence-corrected chi connectivity index (χ2v) is 5.50. The van der Waals surface area contributed by atoms with E-state index in [1.54, 1.807) is 0 Å². The molecule has 0 atom stereocenters. The number of nitriles is 1. The molecular formula is C9H6N4O2S2. The molecule has 8 heteroatoms. The summed E-state index contributed by atoms with van der Waals surface area (Å²) in [6.07, 6.45) is 0. The fraction of sp³-hybridized carbons (Fsp3) is 0. The molecule has 0 unspecified atom stereocenters. The lowest BCUT2D eigenvalue weighted by Crippen LogP contribution is -2.12. The van der Waals surface area contributed by atoms with Crippen LogP contribution in [0.1, 0.15) is 5.56 Å². The van der Waals surface area contributed by atoms with Crippen LogP contribution in [-0.4, -0.2) is 18.6 Å². The molecule has 1 heterocycles. The van der Waals surface area contributed by atoms with Crippen LogP contribution in [0.5, 0.6) is 0 Å². The van der Waals surface area contributed by atoms with E-state index < -0.39 is 10.0 Å². The van der Waals surface area contributed by atoms with Gasteiger partial charge in [0.05, 0.1) is 16.5 Å². The molecular weight excluding hydrogens is 260 g/mol. The molecule has 0 aliphatic rings. The fourth-order valence-corrected chi connectivity index (χ4v) is 2.79. The van der Waals surface area contributed by atoms with Crippen molar-refractivity contribution in [2.24, 2.45) is 0 Å². The van der Waals surface area contributed by atoms with Crippen molar-refractivity contribution >= 4 is 26.5 Å². The summed E-state index contributed by atoms with van der Waals surface area (Å²) in [7, 11) is -3.66. The maximum Gasteiger partial charge on any atom is 0.263 e. The van der Waals surface area contributed by atoms with Crippen molar-refractivity contribution in [2.45, 2.75) is 4.90 Å². The summed E-state index contributed by atoms with van der Waals surface area (Å²) in [6, 6.07) is 7.52. The molecule has 2 rings (SSSR count).